The number of hydrogen-bond acceptors (Lipinski definition) is 4. The zero-order chi connectivity index (χ0) is 11.3. The van der Waals surface area contributed by atoms with Crippen molar-refractivity contribution in [1.29, 1.82) is 0 Å². The minimum Gasteiger partial charge on any atom is -0.469 e. The van der Waals surface area contributed by atoms with Gasteiger partial charge in [-0.3, -0.25) is 9.48 Å². The molecule has 0 saturated heterocycles. The van der Waals surface area contributed by atoms with Crippen LogP contribution in [-0.2, 0) is 23.1 Å². The van der Waals surface area contributed by atoms with Gasteiger partial charge in [0.05, 0.1) is 19.2 Å². The van der Waals surface area contributed by atoms with Crippen molar-refractivity contribution in [2.45, 2.75) is 25.9 Å². The minimum atomic E-state index is -0.194. The highest BCUT2D eigenvalue weighted by molar-refractivity contribution is 5.69. The summed E-state index contributed by atoms with van der Waals surface area (Å²) in [4.78, 5) is 11.0. The van der Waals surface area contributed by atoms with E-state index >= 15 is 0 Å². The highest BCUT2D eigenvalue weighted by Gasteiger charge is 2.08. The number of nitrogens with zero attached hydrogens (tertiary/aromatic N) is 2. The summed E-state index contributed by atoms with van der Waals surface area (Å²) in [5.41, 5.74) is 1.09. The van der Waals surface area contributed by atoms with E-state index in [-0.39, 0.29) is 12.0 Å². The molecular formula is C10H17N3O2. The monoisotopic (exact) mass is 211 g/mol. The van der Waals surface area contributed by atoms with Crippen molar-refractivity contribution in [3.63, 3.8) is 0 Å². The Labute approximate surface area is 89.4 Å². The first-order valence-corrected chi connectivity index (χ1v) is 4.90. The van der Waals surface area contributed by atoms with E-state index in [0.717, 1.165) is 5.69 Å². The fourth-order valence-corrected chi connectivity index (χ4v) is 1.26. The van der Waals surface area contributed by atoms with Gasteiger partial charge in [0, 0.05) is 25.8 Å². The third-order valence-electron chi connectivity index (χ3n) is 2.25. The molecule has 0 aromatic carbocycles. The van der Waals surface area contributed by atoms with Crippen molar-refractivity contribution >= 4 is 5.97 Å². The van der Waals surface area contributed by atoms with Gasteiger partial charge in [0.2, 0.25) is 0 Å². The van der Waals surface area contributed by atoms with E-state index in [1.54, 1.807) is 10.9 Å². The van der Waals surface area contributed by atoms with Crippen molar-refractivity contribution in [2.24, 2.45) is 7.05 Å². The van der Waals surface area contributed by atoms with Crippen molar-refractivity contribution in [2.75, 3.05) is 7.11 Å². The summed E-state index contributed by atoms with van der Waals surface area (Å²) in [6.45, 7) is 2.65. The summed E-state index contributed by atoms with van der Waals surface area (Å²) in [5.74, 6) is -0.194. The molecule has 0 radical (unpaired) electrons. The number of nitrogens with one attached hydrogen (secondary N) is 1. The van der Waals surface area contributed by atoms with E-state index in [4.69, 9.17) is 0 Å². The highest BCUT2D eigenvalue weighted by Crippen LogP contribution is 1.98. The minimum absolute atomic E-state index is 0.104. The van der Waals surface area contributed by atoms with Crippen molar-refractivity contribution in [3.05, 3.63) is 18.0 Å². The number of hydrogen-bond donors (Lipinski definition) is 1. The molecule has 0 aliphatic rings. The fraction of sp³-hybridized carbons (Fsp3) is 0.600. The molecule has 0 saturated carbocycles. The van der Waals surface area contributed by atoms with E-state index in [2.05, 4.69) is 15.2 Å². The van der Waals surface area contributed by atoms with E-state index in [9.17, 15) is 4.79 Å². The van der Waals surface area contributed by atoms with Crippen LogP contribution in [0.1, 0.15) is 19.0 Å². The van der Waals surface area contributed by atoms with Gasteiger partial charge in [-0.05, 0) is 13.0 Å². The quantitative estimate of drug-likeness (QED) is 0.719. The van der Waals surface area contributed by atoms with Gasteiger partial charge in [-0.1, -0.05) is 0 Å². The second-order valence-electron chi connectivity index (χ2n) is 3.51. The number of aryl methyl sites for hydroxylation is 1. The molecule has 1 aromatic heterocycles. The zero-order valence-electron chi connectivity index (χ0n) is 9.36. The van der Waals surface area contributed by atoms with E-state index in [1.807, 2.05) is 20.0 Å². The van der Waals surface area contributed by atoms with Gasteiger partial charge in [0.25, 0.3) is 0 Å². The van der Waals surface area contributed by atoms with Gasteiger partial charge >= 0.3 is 5.97 Å². The van der Waals surface area contributed by atoms with Crippen LogP contribution in [0.25, 0.3) is 0 Å². The third kappa shape index (κ3) is 3.71. The Bertz CT molecular complexity index is 322. The molecule has 1 aromatic rings. The molecule has 1 atom stereocenters. The van der Waals surface area contributed by atoms with Gasteiger partial charge in [-0.2, -0.15) is 5.10 Å². The number of esters is 1. The molecule has 0 spiro atoms. The van der Waals surface area contributed by atoms with E-state index < -0.39 is 0 Å². The van der Waals surface area contributed by atoms with E-state index in [0.29, 0.717) is 13.0 Å². The van der Waals surface area contributed by atoms with Crippen LogP contribution in [0.4, 0.5) is 0 Å². The molecule has 0 aliphatic carbocycles. The molecular weight excluding hydrogens is 194 g/mol. The average Bonchev–Trinajstić information content (AvgIpc) is 2.61. The third-order valence-corrected chi connectivity index (χ3v) is 2.25. The first-order valence-electron chi connectivity index (χ1n) is 4.90. The van der Waals surface area contributed by atoms with Gasteiger partial charge in [0.15, 0.2) is 0 Å². The summed E-state index contributed by atoms with van der Waals surface area (Å²) in [7, 11) is 3.29. The van der Waals surface area contributed by atoms with Gasteiger partial charge in [-0.15, -0.1) is 0 Å². The number of methoxy groups -OCH3 is 1. The predicted molar refractivity (Wildman–Crippen MR) is 56.1 cm³/mol. The van der Waals surface area contributed by atoms with Crippen LogP contribution in [0.15, 0.2) is 12.3 Å². The number of carbonyl (C=O) groups is 1. The van der Waals surface area contributed by atoms with Crippen LogP contribution in [-0.4, -0.2) is 28.9 Å². The van der Waals surface area contributed by atoms with Crippen LogP contribution in [0.5, 0.6) is 0 Å². The van der Waals surface area contributed by atoms with Crippen LogP contribution in [0.2, 0.25) is 0 Å². The van der Waals surface area contributed by atoms with Crippen LogP contribution in [0, 0.1) is 0 Å². The highest BCUT2D eigenvalue weighted by atomic mass is 16.5. The van der Waals surface area contributed by atoms with Crippen molar-refractivity contribution in [1.82, 2.24) is 15.1 Å². The topological polar surface area (TPSA) is 56.1 Å². The molecule has 0 aliphatic heterocycles. The Morgan fingerprint density at radius 1 is 1.73 bits per heavy atom. The second-order valence-corrected chi connectivity index (χ2v) is 3.51. The maximum Gasteiger partial charge on any atom is 0.307 e. The number of aromatic nitrogens is 2. The van der Waals surface area contributed by atoms with Gasteiger partial charge in [0.1, 0.15) is 0 Å². The van der Waals surface area contributed by atoms with Crippen molar-refractivity contribution < 1.29 is 9.53 Å². The molecule has 1 N–H and O–H groups in total. The largest absolute Gasteiger partial charge is 0.469 e. The Morgan fingerprint density at radius 2 is 2.47 bits per heavy atom. The van der Waals surface area contributed by atoms with Gasteiger partial charge < -0.3 is 10.1 Å². The number of ether oxygens (including phenoxy) is 1. The molecule has 5 heteroatoms. The lowest BCUT2D eigenvalue weighted by Crippen LogP contribution is -2.29. The van der Waals surface area contributed by atoms with E-state index in [1.165, 1.54) is 7.11 Å². The predicted octanol–water partition coefficient (Wildman–Crippen LogP) is 0.461. The summed E-state index contributed by atoms with van der Waals surface area (Å²) in [6.07, 6.45) is 2.14. The number of carbonyl (C=O) groups excluding carboxylic acids is 1. The van der Waals surface area contributed by atoms with Gasteiger partial charge in [-0.25, -0.2) is 0 Å². The lowest BCUT2D eigenvalue weighted by Gasteiger charge is -2.12. The summed E-state index contributed by atoms with van der Waals surface area (Å²) in [6, 6.07) is 2.05. The SMILES string of the molecule is COC(=O)CC(C)NCc1ccnn1C. The Hall–Kier alpha value is -1.36. The zero-order valence-corrected chi connectivity index (χ0v) is 9.36. The molecule has 1 heterocycles. The molecule has 1 unspecified atom stereocenters. The summed E-state index contributed by atoms with van der Waals surface area (Å²) >= 11 is 0. The second kappa shape index (κ2) is 5.50. The lowest BCUT2D eigenvalue weighted by atomic mass is 10.2. The standard InChI is InChI=1S/C10H17N3O2/c1-8(6-10(14)15-3)11-7-9-4-5-12-13(9)2/h4-5,8,11H,6-7H2,1-3H3. The fourth-order valence-electron chi connectivity index (χ4n) is 1.26. The summed E-state index contributed by atoms with van der Waals surface area (Å²) in [5, 5.41) is 7.29. The van der Waals surface area contributed by atoms with Crippen LogP contribution in [0.3, 0.4) is 0 Å². The smallest absolute Gasteiger partial charge is 0.307 e. The first-order chi connectivity index (χ1) is 7.13. The molecule has 0 fully saturated rings. The molecule has 0 amide bonds. The van der Waals surface area contributed by atoms with Crippen LogP contribution >= 0.6 is 0 Å². The Balaban J connectivity index is 2.31. The Kier molecular flexibility index (Phi) is 4.30. The molecule has 0 bridgehead atoms. The molecule has 84 valence electrons. The van der Waals surface area contributed by atoms with Crippen LogP contribution < -0.4 is 5.32 Å². The lowest BCUT2D eigenvalue weighted by molar-refractivity contribution is -0.141. The maximum atomic E-state index is 11.0. The Morgan fingerprint density at radius 3 is 3.00 bits per heavy atom. The molecule has 15 heavy (non-hydrogen) atoms. The normalized spacial score (nSPS) is 12.5. The molecule has 5 nitrogen and oxygen atoms in total. The average molecular weight is 211 g/mol. The maximum absolute atomic E-state index is 11.0. The summed E-state index contributed by atoms with van der Waals surface area (Å²) < 4.78 is 6.39. The molecule has 1 rings (SSSR count). The first kappa shape index (κ1) is 11.7. The van der Waals surface area contributed by atoms with Crippen molar-refractivity contribution in [3.8, 4) is 0 Å². The number of rotatable bonds is 5.